The Hall–Kier alpha value is -7.05. The normalized spacial score (nSPS) is 13.5. The van der Waals surface area contributed by atoms with E-state index in [0.717, 1.165) is 39.2 Å². The molecule has 0 fully saturated rings. The van der Waals surface area contributed by atoms with Crippen LogP contribution in [0.25, 0.3) is 70.5 Å². The maximum atomic E-state index is 5.28. The maximum absolute atomic E-state index is 5.28. The Morgan fingerprint density at radius 3 is 1.76 bits per heavy atom. The third kappa shape index (κ3) is 4.49. The van der Waals surface area contributed by atoms with E-state index >= 15 is 0 Å². The van der Waals surface area contributed by atoms with Crippen LogP contribution >= 0.6 is 22.7 Å². The van der Waals surface area contributed by atoms with Crippen molar-refractivity contribution in [3.05, 3.63) is 221 Å². The standard InChI is InChI=1S/C54H33N3S2/c1-3-15-35(16-4-1)44-32-37(33-45(55-44)36-17-5-2-6-18-36)56-47-23-11-9-21-39(47)50-49(56)27-26-41-51(50)57(46-25-13-19-34-14-7-8-20-38(34)46)48-24-12-10-22-40(48)54(41)42-28-30-58-52(42)53-43(54)29-31-59-53/h1-33H. The Labute approximate surface area is 349 Å². The van der Waals surface area contributed by atoms with E-state index in [-0.39, 0.29) is 0 Å². The van der Waals surface area contributed by atoms with Gasteiger partial charge >= 0.3 is 0 Å². The van der Waals surface area contributed by atoms with E-state index in [4.69, 9.17) is 4.98 Å². The lowest BCUT2D eigenvalue weighted by molar-refractivity contribution is 0.758. The molecule has 0 bridgehead atoms. The van der Waals surface area contributed by atoms with Gasteiger partial charge in [0.2, 0.25) is 0 Å². The predicted molar refractivity (Wildman–Crippen MR) is 248 cm³/mol. The van der Waals surface area contributed by atoms with Gasteiger partial charge in [-0.05, 0) is 86.9 Å². The van der Waals surface area contributed by atoms with Crippen LogP contribution in [-0.4, -0.2) is 9.55 Å². The summed E-state index contributed by atoms with van der Waals surface area (Å²) >= 11 is 3.74. The van der Waals surface area contributed by atoms with Crippen LogP contribution in [0.2, 0.25) is 0 Å². The number of hydrogen-bond acceptors (Lipinski definition) is 4. The van der Waals surface area contributed by atoms with E-state index in [2.05, 4.69) is 208 Å². The summed E-state index contributed by atoms with van der Waals surface area (Å²) < 4.78 is 2.47. The molecule has 5 heterocycles. The van der Waals surface area contributed by atoms with Crippen molar-refractivity contribution in [3.8, 4) is 38.0 Å². The molecule has 4 aromatic heterocycles. The first kappa shape index (κ1) is 33.0. The van der Waals surface area contributed by atoms with Crippen molar-refractivity contribution < 1.29 is 0 Å². The van der Waals surface area contributed by atoms with Crippen molar-refractivity contribution in [1.82, 2.24) is 9.55 Å². The summed E-state index contributed by atoms with van der Waals surface area (Å²) in [5.74, 6) is 0. The highest BCUT2D eigenvalue weighted by Crippen LogP contribution is 2.67. The van der Waals surface area contributed by atoms with Crippen LogP contribution in [-0.2, 0) is 5.41 Å². The van der Waals surface area contributed by atoms with Crippen molar-refractivity contribution >= 4 is 72.3 Å². The first-order valence-electron chi connectivity index (χ1n) is 20.0. The van der Waals surface area contributed by atoms with E-state index in [1.165, 1.54) is 70.6 Å². The molecule has 1 aliphatic carbocycles. The molecule has 2 aliphatic rings. The third-order valence-electron chi connectivity index (χ3n) is 12.5. The molecule has 0 atom stereocenters. The summed E-state index contributed by atoms with van der Waals surface area (Å²) in [4.78, 5) is 10.6. The Balaban J connectivity index is 1.20. The molecule has 11 aromatic rings. The van der Waals surface area contributed by atoms with Crippen molar-refractivity contribution in [2.45, 2.75) is 5.41 Å². The largest absolute Gasteiger partial charge is 0.309 e. The van der Waals surface area contributed by atoms with E-state index in [9.17, 15) is 0 Å². The zero-order chi connectivity index (χ0) is 38.7. The van der Waals surface area contributed by atoms with Gasteiger partial charge < -0.3 is 9.47 Å². The van der Waals surface area contributed by atoms with E-state index < -0.39 is 5.41 Å². The number of pyridine rings is 1. The van der Waals surface area contributed by atoms with Gasteiger partial charge in [0.25, 0.3) is 0 Å². The van der Waals surface area contributed by atoms with Crippen molar-refractivity contribution in [1.29, 1.82) is 0 Å². The molecule has 1 aliphatic heterocycles. The zero-order valence-corrected chi connectivity index (χ0v) is 33.3. The molecule has 5 heteroatoms. The second-order valence-electron chi connectivity index (χ2n) is 15.5. The molecule has 1 spiro atoms. The van der Waals surface area contributed by atoms with Gasteiger partial charge in [0, 0.05) is 37.0 Å². The van der Waals surface area contributed by atoms with Crippen molar-refractivity contribution in [2.75, 3.05) is 4.90 Å². The SMILES string of the molecule is c1ccc(-c2cc(-n3c4ccccc4c4c5c(ccc43)C3(c4ccccc4N5c4cccc5ccccc45)c4ccsc4-c4sccc43)cc(-c3ccccc3)n2)cc1. The number of thiophene rings is 2. The van der Waals surface area contributed by atoms with E-state index in [1.54, 1.807) is 0 Å². The highest BCUT2D eigenvalue weighted by molar-refractivity contribution is 7.21. The molecule has 7 aromatic carbocycles. The fourth-order valence-electron chi connectivity index (χ4n) is 10.2. The highest BCUT2D eigenvalue weighted by atomic mass is 32.1. The average molecular weight is 788 g/mol. The van der Waals surface area contributed by atoms with Gasteiger partial charge in [0.15, 0.2) is 0 Å². The summed E-state index contributed by atoms with van der Waals surface area (Å²) in [7, 11) is 0. The lowest BCUT2D eigenvalue weighted by atomic mass is 9.65. The van der Waals surface area contributed by atoms with Crippen LogP contribution in [0.3, 0.4) is 0 Å². The number of hydrogen-bond donors (Lipinski definition) is 0. The molecule has 13 rings (SSSR count). The molecule has 0 saturated carbocycles. The topological polar surface area (TPSA) is 21.1 Å². The summed E-state index contributed by atoms with van der Waals surface area (Å²) in [5.41, 5.74) is 16.0. The minimum atomic E-state index is -0.479. The smallest absolute Gasteiger partial charge is 0.0771 e. The average Bonchev–Trinajstić information content (AvgIpc) is 4.10. The molecular formula is C54H33N3S2. The van der Waals surface area contributed by atoms with Gasteiger partial charge in [0.05, 0.1) is 50.6 Å². The molecule has 0 radical (unpaired) electrons. The van der Waals surface area contributed by atoms with Crippen molar-refractivity contribution in [2.24, 2.45) is 0 Å². The number of anilines is 3. The number of aromatic nitrogens is 2. The monoisotopic (exact) mass is 787 g/mol. The minimum absolute atomic E-state index is 0.479. The molecule has 0 saturated heterocycles. The Morgan fingerprint density at radius 2 is 1.03 bits per heavy atom. The van der Waals surface area contributed by atoms with Crippen LogP contribution in [0, 0.1) is 0 Å². The molecule has 276 valence electrons. The number of benzene rings is 7. The summed E-state index contributed by atoms with van der Waals surface area (Å²) in [6.45, 7) is 0. The third-order valence-corrected chi connectivity index (χ3v) is 14.5. The second-order valence-corrected chi connectivity index (χ2v) is 17.3. The Morgan fingerprint density at radius 1 is 0.441 bits per heavy atom. The number of fused-ring (bicyclic) bond motifs is 14. The van der Waals surface area contributed by atoms with Gasteiger partial charge in [-0.25, -0.2) is 4.98 Å². The number of nitrogens with zero attached hydrogens (tertiary/aromatic N) is 3. The molecule has 0 unspecified atom stereocenters. The molecule has 59 heavy (non-hydrogen) atoms. The summed E-state index contributed by atoms with van der Waals surface area (Å²) in [5, 5.41) is 9.47. The van der Waals surface area contributed by atoms with Crippen LogP contribution in [0.5, 0.6) is 0 Å². The lowest BCUT2D eigenvalue weighted by Gasteiger charge is -2.45. The zero-order valence-electron chi connectivity index (χ0n) is 31.7. The number of rotatable bonds is 4. The molecule has 0 N–H and O–H groups in total. The summed E-state index contributed by atoms with van der Waals surface area (Å²) in [6, 6.07) is 69.0. The van der Waals surface area contributed by atoms with E-state index in [1.807, 2.05) is 22.7 Å². The van der Waals surface area contributed by atoms with Crippen LogP contribution in [0.1, 0.15) is 22.3 Å². The van der Waals surface area contributed by atoms with Crippen LogP contribution < -0.4 is 4.90 Å². The van der Waals surface area contributed by atoms with Gasteiger partial charge in [-0.3, -0.25) is 0 Å². The first-order valence-corrected chi connectivity index (χ1v) is 21.8. The number of para-hydroxylation sites is 2. The van der Waals surface area contributed by atoms with Gasteiger partial charge in [-0.15, -0.1) is 22.7 Å². The minimum Gasteiger partial charge on any atom is -0.309 e. The first-order chi connectivity index (χ1) is 29.3. The molecular weight excluding hydrogens is 755 g/mol. The van der Waals surface area contributed by atoms with Gasteiger partial charge in [-0.1, -0.05) is 140 Å². The molecule has 3 nitrogen and oxygen atoms in total. The fourth-order valence-corrected chi connectivity index (χ4v) is 12.3. The summed E-state index contributed by atoms with van der Waals surface area (Å²) in [6.07, 6.45) is 0. The Kier molecular flexibility index (Phi) is 6.97. The van der Waals surface area contributed by atoms with Gasteiger partial charge in [0.1, 0.15) is 0 Å². The Bertz CT molecular complexity index is 3360. The predicted octanol–water partition coefficient (Wildman–Crippen LogP) is 14.9. The lowest BCUT2D eigenvalue weighted by Crippen LogP contribution is -2.36. The van der Waals surface area contributed by atoms with Crippen LogP contribution in [0.15, 0.2) is 199 Å². The van der Waals surface area contributed by atoms with Gasteiger partial charge in [-0.2, -0.15) is 0 Å². The van der Waals surface area contributed by atoms with E-state index in [0.29, 0.717) is 0 Å². The van der Waals surface area contributed by atoms with Crippen molar-refractivity contribution in [3.63, 3.8) is 0 Å². The highest BCUT2D eigenvalue weighted by Gasteiger charge is 2.53. The maximum Gasteiger partial charge on any atom is 0.0771 e. The second kappa shape index (κ2) is 12.5. The quantitative estimate of drug-likeness (QED) is 0.177. The fraction of sp³-hybridized carbons (Fsp3) is 0.0185. The molecule has 0 amide bonds. The van der Waals surface area contributed by atoms with Crippen LogP contribution in [0.4, 0.5) is 17.1 Å².